The molecule has 22 heavy (non-hydrogen) atoms. The van der Waals surface area contributed by atoms with Crippen LogP contribution in [0.15, 0.2) is 16.2 Å². The molecule has 1 aliphatic heterocycles. The third kappa shape index (κ3) is 3.22. The van der Waals surface area contributed by atoms with Crippen molar-refractivity contribution in [3.63, 3.8) is 0 Å². The second kappa shape index (κ2) is 6.46. The summed E-state index contributed by atoms with van der Waals surface area (Å²) in [5.74, 6) is 0.862. The lowest BCUT2D eigenvalue weighted by atomic mass is 10.1. The fraction of sp³-hybridized carbons (Fsp3) is 0.625. The molecule has 0 aromatic carbocycles. The van der Waals surface area contributed by atoms with Crippen molar-refractivity contribution in [2.24, 2.45) is 10.1 Å². The van der Waals surface area contributed by atoms with Crippen LogP contribution in [0.3, 0.4) is 0 Å². The average molecular weight is 320 g/mol. The van der Waals surface area contributed by atoms with E-state index in [0.717, 1.165) is 16.6 Å². The Bertz CT molecular complexity index is 616. The number of aryl methyl sites for hydroxylation is 1. The van der Waals surface area contributed by atoms with Crippen LogP contribution in [0.4, 0.5) is 0 Å². The Hall–Kier alpha value is -1.27. The topological polar surface area (TPSA) is 50.9 Å². The minimum Gasteiger partial charge on any atom is -0.382 e. The predicted molar refractivity (Wildman–Crippen MR) is 93.1 cm³/mol. The molecule has 1 aromatic heterocycles. The number of ether oxygens (including phenoxy) is 1. The molecule has 0 amide bonds. The quantitative estimate of drug-likeness (QED) is 0.907. The van der Waals surface area contributed by atoms with Gasteiger partial charge in [-0.3, -0.25) is 10.4 Å². The smallest absolute Gasteiger partial charge is 0.177 e. The van der Waals surface area contributed by atoms with E-state index in [2.05, 4.69) is 40.0 Å². The summed E-state index contributed by atoms with van der Waals surface area (Å²) >= 11 is 1.71. The second-order valence-corrected chi connectivity index (χ2v) is 7.05. The van der Waals surface area contributed by atoms with Gasteiger partial charge in [-0.25, -0.2) is 0 Å². The van der Waals surface area contributed by atoms with Gasteiger partial charge in [0.1, 0.15) is 0 Å². The maximum Gasteiger partial charge on any atom is 0.177 e. The highest BCUT2D eigenvalue weighted by Gasteiger charge is 2.28. The molecule has 1 N–H and O–H groups in total. The monoisotopic (exact) mass is 320 g/mol. The van der Waals surface area contributed by atoms with Crippen molar-refractivity contribution in [3.05, 3.63) is 23.0 Å². The van der Waals surface area contributed by atoms with Crippen molar-refractivity contribution in [2.75, 3.05) is 19.5 Å². The van der Waals surface area contributed by atoms with Crippen LogP contribution < -0.4 is 5.43 Å². The first-order chi connectivity index (χ1) is 10.6. The number of aromatic nitrogens is 1. The molecule has 2 aliphatic rings. The Morgan fingerprint density at radius 2 is 2.27 bits per heavy atom. The molecule has 0 radical (unpaired) electrons. The Kier molecular flexibility index (Phi) is 4.59. The highest BCUT2D eigenvalue weighted by atomic mass is 32.2. The fourth-order valence-corrected chi connectivity index (χ4v) is 3.82. The minimum absolute atomic E-state index is 0.150. The number of thioether (sulfide) groups is 1. The Labute approximate surface area is 136 Å². The van der Waals surface area contributed by atoms with Gasteiger partial charge in [0.2, 0.25) is 0 Å². The van der Waals surface area contributed by atoms with Crippen LogP contribution in [-0.4, -0.2) is 41.0 Å². The van der Waals surface area contributed by atoms with Crippen LogP contribution in [0.5, 0.6) is 0 Å². The van der Waals surface area contributed by atoms with Gasteiger partial charge in [0.15, 0.2) is 5.17 Å². The maximum absolute atomic E-state index is 5.11. The molecule has 3 rings (SSSR count). The van der Waals surface area contributed by atoms with Crippen molar-refractivity contribution in [1.82, 2.24) is 9.99 Å². The van der Waals surface area contributed by atoms with E-state index < -0.39 is 0 Å². The van der Waals surface area contributed by atoms with Gasteiger partial charge in [-0.15, -0.1) is 0 Å². The number of hydrogen-bond donors (Lipinski definition) is 1. The molecule has 0 bridgehead atoms. The zero-order chi connectivity index (χ0) is 15.7. The largest absolute Gasteiger partial charge is 0.382 e. The molecule has 2 heterocycles. The number of nitrogens with one attached hydrogen (secondary N) is 1. The summed E-state index contributed by atoms with van der Waals surface area (Å²) in [4.78, 5) is 4.57. The predicted octanol–water partition coefficient (Wildman–Crippen LogP) is 2.87. The lowest BCUT2D eigenvalue weighted by Gasteiger charge is -2.16. The maximum atomic E-state index is 5.11. The lowest BCUT2D eigenvalue weighted by Crippen LogP contribution is -2.27. The van der Waals surface area contributed by atoms with Crippen LogP contribution in [0, 0.1) is 13.8 Å². The number of methoxy groups -OCH3 is 1. The van der Waals surface area contributed by atoms with E-state index in [0.29, 0.717) is 12.6 Å². The Balaban J connectivity index is 1.75. The van der Waals surface area contributed by atoms with Crippen LogP contribution in [0.1, 0.15) is 42.8 Å². The van der Waals surface area contributed by atoms with Crippen molar-refractivity contribution in [3.8, 4) is 0 Å². The van der Waals surface area contributed by atoms with E-state index in [1.165, 1.54) is 29.8 Å². The number of rotatable bonds is 5. The fourth-order valence-electron chi connectivity index (χ4n) is 2.96. The van der Waals surface area contributed by atoms with E-state index in [1.807, 2.05) is 6.92 Å². The number of aliphatic imine (C=N–C) groups is 1. The molecule has 1 unspecified atom stereocenters. The van der Waals surface area contributed by atoms with Crippen molar-refractivity contribution >= 4 is 22.6 Å². The van der Waals surface area contributed by atoms with E-state index in [4.69, 9.17) is 4.74 Å². The van der Waals surface area contributed by atoms with Gasteiger partial charge in [0.05, 0.1) is 18.4 Å². The Morgan fingerprint density at radius 1 is 1.50 bits per heavy atom. The standard InChI is InChI=1S/C16H24N4OS/c1-10(8-21-4)17-16-19-18-15(9-22-16)14-7-11(2)20(12(14)3)13-5-6-13/h7,10,13H,5-6,8-9H2,1-4H3,(H,17,19). The van der Waals surface area contributed by atoms with Crippen molar-refractivity contribution < 1.29 is 4.74 Å². The molecule has 1 fully saturated rings. The van der Waals surface area contributed by atoms with Crippen molar-refractivity contribution in [1.29, 1.82) is 0 Å². The molecule has 1 aromatic rings. The summed E-state index contributed by atoms with van der Waals surface area (Å²) in [6.45, 7) is 7.07. The zero-order valence-electron chi connectivity index (χ0n) is 13.7. The summed E-state index contributed by atoms with van der Waals surface area (Å²) in [6.07, 6.45) is 2.62. The van der Waals surface area contributed by atoms with Gasteiger partial charge in [0.25, 0.3) is 0 Å². The van der Waals surface area contributed by atoms with Gasteiger partial charge in [-0.1, -0.05) is 11.8 Å². The molecule has 1 atom stereocenters. The molecular weight excluding hydrogens is 296 g/mol. The summed E-state index contributed by atoms with van der Waals surface area (Å²) in [7, 11) is 1.70. The second-order valence-electron chi connectivity index (χ2n) is 6.08. The van der Waals surface area contributed by atoms with Crippen LogP contribution in [-0.2, 0) is 4.74 Å². The van der Waals surface area contributed by atoms with Gasteiger partial charge in [0, 0.05) is 35.9 Å². The van der Waals surface area contributed by atoms with E-state index in [9.17, 15) is 0 Å². The Morgan fingerprint density at radius 3 is 2.86 bits per heavy atom. The highest BCUT2D eigenvalue weighted by Crippen LogP contribution is 2.38. The highest BCUT2D eigenvalue weighted by molar-refractivity contribution is 8.14. The number of amidine groups is 1. The van der Waals surface area contributed by atoms with Crippen LogP contribution in [0.25, 0.3) is 0 Å². The number of nitrogens with zero attached hydrogens (tertiary/aromatic N) is 3. The summed E-state index contributed by atoms with van der Waals surface area (Å²) in [5.41, 5.74) is 8.17. The summed E-state index contributed by atoms with van der Waals surface area (Å²) in [6, 6.07) is 3.13. The van der Waals surface area contributed by atoms with E-state index in [1.54, 1.807) is 18.9 Å². The average Bonchev–Trinajstić information content (AvgIpc) is 3.26. The van der Waals surface area contributed by atoms with Gasteiger partial charge >= 0.3 is 0 Å². The molecule has 1 aliphatic carbocycles. The molecule has 0 spiro atoms. The minimum atomic E-state index is 0.150. The molecule has 5 nitrogen and oxygen atoms in total. The SMILES string of the molecule is COCC(C)N=C1NN=C(c2cc(C)n(C3CC3)c2C)CS1. The van der Waals surface area contributed by atoms with E-state index in [-0.39, 0.29) is 6.04 Å². The van der Waals surface area contributed by atoms with Gasteiger partial charge < -0.3 is 9.30 Å². The number of hydrazone groups is 1. The molecule has 1 saturated carbocycles. The van der Waals surface area contributed by atoms with E-state index >= 15 is 0 Å². The zero-order valence-corrected chi connectivity index (χ0v) is 14.5. The first-order valence-corrected chi connectivity index (χ1v) is 8.79. The molecule has 120 valence electrons. The lowest BCUT2D eigenvalue weighted by molar-refractivity contribution is 0.186. The summed E-state index contributed by atoms with van der Waals surface area (Å²) < 4.78 is 7.58. The van der Waals surface area contributed by atoms with Crippen LogP contribution in [0.2, 0.25) is 0 Å². The van der Waals surface area contributed by atoms with Gasteiger partial charge in [-0.05, 0) is 39.7 Å². The summed E-state index contributed by atoms with van der Waals surface area (Å²) in [5, 5.41) is 5.43. The molecule has 0 saturated heterocycles. The van der Waals surface area contributed by atoms with Gasteiger partial charge in [-0.2, -0.15) is 5.10 Å². The number of hydrogen-bond acceptors (Lipinski definition) is 4. The first kappa shape index (κ1) is 15.6. The van der Waals surface area contributed by atoms with Crippen LogP contribution >= 0.6 is 11.8 Å². The van der Waals surface area contributed by atoms with Crippen molar-refractivity contribution in [2.45, 2.75) is 45.7 Å². The normalized spacial score (nSPS) is 21.6. The third-order valence-electron chi connectivity index (χ3n) is 4.08. The third-order valence-corrected chi connectivity index (χ3v) is 4.97. The molecule has 6 heteroatoms. The molecular formula is C16H24N4OS. The first-order valence-electron chi connectivity index (χ1n) is 7.81.